The highest BCUT2D eigenvalue weighted by Crippen LogP contribution is 2.21. The standard InChI is InChI=1S/C13H22FN3O4S2/c1-9(2)22(18,19)17-12-6-5-10(7-11(12)14)23(20,21)16-8-13(3,4)15/h5-7,9,16-17H,8,15H2,1-4H3. The van der Waals surface area contributed by atoms with Crippen LogP contribution in [0.25, 0.3) is 0 Å². The van der Waals surface area contributed by atoms with Crippen LogP contribution < -0.4 is 15.2 Å². The lowest BCUT2D eigenvalue weighted by Crippen LogP contribution is -2.45. The van der Waals surface area contributed by atoms with Gasteiger partial charge < -0.3 is 5.73 Å². The summed E-state index contributed by atoms with van der Waals surface area (Å²) in [6, 6.07) is 2.94. The first kappa shape index (κ1) is 19.8. The summed E-state index contributed by atoms with van der Waals surface area (Å²) in [6.45, 7) is 6.13. The molecule has 10 heteroatoms. The van der Waals surface area contributed by atoms with Crippen LogP contribution >= 0.6 is 0 Å². The summed E-state index contributed by atoms with van der Waals surface area (Å²) in [5, 5.41) is -0.751. The number of anilines is 1. The highest BCUT2D eigenvalue weighted by molar-refractivity contribution is 7.93. The zero-order chi connectivity index (χ0) is 18.1. The topological polar surface area (TPSA) is 118 Å². The van der Waals surface area contributed by atoms with Gasteiger partial charge in [-0.1, -0.05) is 0 Å². The predicted octanol–water partition coefficient (Wildman–Crippen LogP) is 0.991. The third-order valence-corrected chi connectivity index (χ3v) is 5.99. The minimum absolute atomic E-state index is 0.0291. The maximum Gasteiger partial charge on any atom is 0.240 e. The lowest BCUT2D eigenvalue weighted by atomic mass is 10.1. The molecule has 7 nitrogen and oxygen atoms in total. The lowest BCUT2D eigenvalue weighted by Gasteiger charge is -2.19. The van der Waals surface area contributed by atoms with Gasteiger partial charge in [0.25, 0.3) is 0 Å². The van der Waals surface area contributed by atoms with E-state index in [4.69, 9.17) is 5.73 Å². The maximum atomic E-state index is 14.0. The average Bonchev–Trinajstić information content (AvgIpc) is 2.37. The summed E-state index contributed by atoms with van der Waals surface area (Å²) < 4.78 is 65.9. The minimum atomic E-state index is -3.94. The SMILES string of the molecule is CC(C)S(=O)(=O)Nc1ccc(S(=O)(=O)NCC(C)(C)N)cc1F. The summed E-state index contributed by atoms with van der Waals surface area (Å²) in [5.41, 5.74) is 4.62. The van der Waals surface area contributed by atoms with E-state index in [1.807, 2.05) is 0 Å². The normalized spacial score (nSPS) is 13.3. The molecule has 0 saturated carbocycles. The van der Waals surface area contributed by atoms with E-state index in [1.54, 1.807) is 13.8 Å². The van der Waals surface area contributed by atoms with Gasteiger partial charge in [0.05, 0.1) is 15.8 Å². The fraction of sp³-hybridized carbons (Fsp3) is 0.538. The average molecular weight is 367 g/mol. The summed E-state index contributed by atoms with van der Waals surface area (Å²) >= 11 is 0. The second-order valence-corrected chi connectivity index (χ2v) is 10.2. The van der Waals surface area contributed by atoms with E-state index in [1.165, 1.54) is 13.8 Å². The van der Waals surface area contributed by atoms with Crippen molar-refractivity contribution in [1.82, 2.24) is 4.72 Å². The van der Waals surface area contributed by atoms with E-state index < -0.39 is 36.7 Å². The fourth-order valence-corrected chi connectivity index (χ4v) is 3.32. The van der Waals surface area contributed by atoms with Crippen LogP contribution in [-0.2, 0) is 20.0 Å². The predicted molar refractivity (Wildman–Crippen MR) is 87.5 cm³/mol. The highest BCUT2D eigenvalue weighted by atomic mass is 32.2. The molecule has 0 bridgehead atoms. The van der Waals surface area contributed by atoms with Crippen molar-refractivity contribution in [2.45, 2.75) is 43.4 Å². The molecule has 23 heavy (non-hydrogen) atoms. The monoisotopic (exact) mass is 367 g/mol. The zero-order valence-electron chi connectivity index (χ0n) is 13.4. The number of hydrogen-bond acceptors (Lipinski definition) is 5. The molecular formula is C13H22FN3O4S2. The van der Waals surface area contributed by atoms with Crippen molar-refractivity contribution in [1.29, 1.82) is 0 Å². The minimum Gasteiger partial charge on any atom is -0.324 e. The molecule has 0 heterocycles. The first-order chi connectivity index (χ1) is 10.2. The van der Waals surface area contributed by atoms with Crippen molar-refractivity contribution in [2.24, 2.45) is 5.73 Å². The molecule has 0 aliphatic rings. The molecule has 4 N–H and O–H groups in total. The summed E-state index contributed by atoms with van der Waals surface area (Å²) in [7, 11) is -7.66. The Morgan fingerprint density at radius 1 is 1.22 bits per heavy atom. The molecule has 0 aromatic heterocycles. The quantitative estimate of drug-likeness (QED) is 0.664. The summed E-state index contributed by atoms with van der Waals surface area (Å²) in [5.74, 6) is -0.982. The van der Waals surface area contributed by atoms with E-state index in [0.29, 0.717) is 0 Å². The Balaban J connectivity index is 3.05. The van der Waals surface area contributed by atoms with Gasteiger partial charge in [0.2, 0.25) is 20.0 Å². The number of benzene rings is 1. The van der Waals surface area contributed by atoms with Gasteiger partial charge in [-0.15, -0.1) is 0 Å². The molecule has 1 rings (SSSR count). The van der Waals surface area contributed by atoms with Gasteiger partial charge in [-0.05, 0) is 45.9 Å². The molecule has 0 radical (unpaired) electrons. The Morgan fingerprint density at radius 3 is 2.22 bits per heavy atom. The van der Waals surface area contributed by atoms with E-state index in [9.17, 15) is 21.2 Å². The Bertz CT molecular complexity index is 769. The molecule has 0 aliphatic carbocycles. The van der Waals surface area contributed by atoms with Crippen molar-refractivity contribution in [3.63, 3.8) is 0 Å². The molecule has 0 spiro atoms. The Labute approximate surface area is 136 Å². The van der Waals surface area contributed by atoms with Crippen LogP contribution in [0.3, 0.4) is 0 Å². The smallest absolute Gasteiger partial charge is 0.240 e. The molecule has 0 unspecified atom stereocenters. The van der Waals surface area contributed by atoms with Crippen LogP contribution in [0.1, 0.15) is 27.7 Å². The molecule has 1 aromatic rings. The summed E-state index contributed by atoms with van der Waals surface area (Å²) in [6.07, 6.45) is 0. The van der Waals surface area contributed by atoms with Crippen LogP contribution in [0.2, 0.25) is 0 Å². The van der Waals surface area contributed by atoms with Crippen LogP contribution in [0.15, 0.2) is 23.1 Å². The number of hydrogen-bond donors (Lipinski definition) is 3. The van der Waals surface area contributed by atoms with Gasteiger partial charge in [0.15, 0.2) is 0 Å². The number of nitrogens with two attached hydrogens (primary N) is 1. The molecule has 0 atom stereocenters. The first-order valence-electron chi connectivity index (χ1n) is 6.84. The maximum absolute atomic E-state index is 14.0. The number of sulfonamides is 2. The van der Waals surface area contributed by atoms with E-state index in [-0.39, 0.29) is 17.1 Å². The van der Waals surface area contributed by atoms with Crippen molar-refractivity contribution in [3.05, 3.63) is 24.0 Å². The fourth-order valence-electron chi connectivity index (χ4n) is 1.38. The van der Waals surface area contributed by atoms with Gasteiger partial charge in [0, 0.05) is 12.1 Å². The van der Waals surface area contributed by atoms with E-state index in [0.717, 1.165) is 18.2 Å². The van der Waals surface area contributed by atoms with Gasteiger partial charge >= 0.3 is 0 Å². The molecule has 1 aromatic carbocycles. The molecule has 0 saturated heterocycles. The number of nitrogens with one attached hydrogen (secondary N) is 2. The highest BCUT2D eigenvalue weighted by Gasteiger charge is 2.22. The van der Waals surface area contributed by atoms with Crippen LogP contribution in [-0.4, -0.2) is 34.2 Å². The number of rotatable bonds is 7. The zero-order valence-corrected chi connectivity index (χ0v) is 15.1. The second-order valence-electron chi connectivity index (χ2n) is 6.15. The van der Waals surface area contributed by atoms with Crippen molar-refractivity contribution >= 4 is 25.7 Å². The number of halogens is 1. The molecule has 0 aliphatic heterocycles. The lowest BCUT2D eigenvalue weighted by molar-refractivity contribution is 0.497. The van der Waals surface area contributed by atoms with Crippen molar-refractivity contribution in [2.75, 3.05) is 11.3 Å². The van der Waals surface area contributed by atoms with E-state index >= 15 is 0 Å². The van der Waals surface area contributed by atoms with Gasteiger partial charge in [-0.3, -0.25) is 4.72 Å². The summed E-state index contributed by atoms with van der Waals surface area (Å²) in [4.78, 5) is -0.313. The van der Waals surface area contributed by atoms with Crippen molar-refractivity contribution < 1.29 is 21.2 Å². The van der Waals surface area contributed by atoms with E-state index in [2.05, 4.69) is 9.44 Å². The first-order valence-corrected chi connectivity index (χ1v) is 9.87. The molecule has 0 amide bonds. The Kier molecular flexibility index (Phi) is 5.79. The van der Waals surface area contributed by atoms with Gasteiger partial charge in [-0.25, -0.2) is 25.9 Å². The largest absolute Gasteiger partial charge is 0.324 e. The molecule has 132 valence electrons. The van der Waals surface area contributed by atoms with Crippen molar-refractivity contribution in [3.8, 4) is 0 Å². The Morgan fingerprint density at radius 2 is 1.78 bits per heavy atom. The van der Waals surface area contributed by atoms with Crippen LogP contribution in [0, 0.1) is 5.82 Å². The van der Waals surface area contributed by atoms with Gasteiger partial charge in [-0.2, -0.15) is 0 Å². The molecular weight excluding hydrogens is 345 g/mol. The Hall–Kier alpha value is -1.23. The third kappa shape index (κ3) is 5.72. The van der Waals surface area contributed by atoms with Crippen LogP contribution in [0.5, 0.6) is 0 Å². The second kappa shape index (κ2) is 6.71. The van der Waals surface area contributed by atoms with Crippen LogP contribution in [0.4, 0.5) is 10.1 Å². The van der Waals surface area contributed by atoms with Gasteiger partial charge in [0.1, 0.15) is 5.82 Å². The third-order valence-electron chi connectivity index (χ3n) is 2.84. The molecule has 0 fully saturated rings.